The highest BCUT2D eigenvalue weighted by Gasteiger charge is 2.28. The predicted molar refractivity (Wildman–Crippen MR) is 99.8 cm³/mol. The minimum absolute atomic E-state index is 0.175. The molecule has 0 radical (unpaired) electrons. The number of nitrogens with one attached hydrogen (secondary N) is 1. The number of likely N-dealkylation sites (tertiary alicyclic amines) is 1. The summed E-state index contributed by atoms with van der Waals surface area (Å²) in [5.74, 6) is -0.414. The van der Waals surface area contributed by atoms with Crippen molar-refractivity contribution in [1.29, 1.82) is 0 Å². The van der Waals surface area contributed by atoms with Gasteiger partial charge < -0.3 is 16.0 Å². The fourth-order valence-corrected chi connectivity index (χ4v) is 3.19. The first-order chi connectivity index (χ1) is 12.9. The third-order valence-electron chi connectivity index (χ3n) is 4.76. The van der Waals surface area contributed by atoms with Crippen LogP contribution >= 0.6 is 0 Å². The van der Waals surface area contributed by atoms with E-state index in [4.69, 9.17) is 5.73 Å². The molecule has 8 nitrogen and oxygen atoms in total. The molecular formula is C19H23N5O3. The second-order valence-electron chi connectivity index (χ2n) is 6.72. The van der Waals surface area contributed by atoms with Crippen molar-refractivity contribution < 1.29 is 14.4 Å². The summed E-state index contributed by atoms with van der Waals surface area (Å²) in [6, 6.07) is 11.0. The summed E-state index contributed by atoms with van der Waals surface area (Å²) in [5.41, 5.74) is 6.50. The summed E-state index contributed by atoms with van der Waals surface area (Å²) in [5, 5.41) is 7.01. The second kappa shape index (κ2) is 8.03. The first kappa shape index (κ1) is 18.6. The number of aromatic nitrogens is 2. The smallest absolute Gasteiger partial charge is 0.274 e. The summed E-state index contributed by atoms with van der Waals surface area (Å²) in [6.45, 7) is 0.942. The number of amides is 3. The van der Waals surface area contributed by atoms with Crippen LogP contribution < -0.4 is 11.1 Å². The van der Waals surface area contributed by atoms with Gasteiger partial charge in [-0.05, 0) is 18.4 Å². The van der Waals surface area contributed by atoms with Gasteiger partial charge in [0.05, 0.1) is 6.42 Å². The highest BCUT2D eigenvalue weighted by Crippen LogP contribution is 2.19. The monoisotopic (exact) mass is 369 g/mol. The standard InChI is InChI=1S/C19H23N5O3/c1-23-16(21-17(25)11-13-5-3-2-4-6-13)12-15(22-23)19(27)24-9-7-14(8-10-24)18(20)26/h2-6,12,14H,7-11H2,1H3,(H2,20,26)(H,21,25). The Kier molecular flexibility index (Phi) is 5.54. The van der Waals surface area contributed by atoms with E-state index in [0.717, 1.165) is 5.56 Å². The van der Waals surface area contributed by atoms with Crippen molar-refractivity contribution in [2.75, 3.05) is 18.4 Å². The molecule has 1 aromatic heterocycles. The number of carbonyl (C=O) groups excluding carboxylic acids is 3. The fraction of sp³-hybridized carbons (Fsp3) is 0.368. The molecule has 8 heteroatoms. The summed E-state index contributed by atoms with van der Waals surface area (Å²) in [7, 11) is 1.67. The van der Waals surface area contributed by atoms with Crippen molar-refractivity contribution in [2.45, 2.75) is 19.3 Å². The van der Waals surface area contributed by atoms with Crippen molar-refractivity contribution in [3.63, 3.8) is 0 Å². The van der Waals surface area contributed by atoms with Gasteiger partial charge in [-0.25, -0.2) is 0 Å². The third kappa shape index (κ3) is 4.52. The number of anilines is 1. The maximum absolute atomic E-state index is 12.6. The summed E-state index contributed by atoms with van der Waals surface area (Å²) in [4.78, 5) is 37.8. The van der Waals surface area contributed by atoms with Crippen LogP contribution in [0.2, 0.25) is 0 Å². The van der Waals surface area contributed by atoms with E-state index < -0.39 is 0 Å². The van der Waals surface area contributed by atoms with Gasteiger partial charge in [0.1, 0.15) is 5.82 Å². The number of hydrogen-bond acceptors (Lipinski definition) is 4. The Hall–Kier alpha value is -3.16. The number of piperidine rings is 1. The van der Waals surface area contributed by atoms with E-state index in [1.54, 1.807) is 18.0 Å². The van der Waals surface area contributed by atoms with Crippen LogP contribution in [0.3, 0.4) is 0 Å². The number of hydrogen-bond donors (Lipinski definition) is 2. The van der Waals surface area contributed by atoms with Crippen molar-refractivity contribution in [1.82, 2.24) is 14.7 Å². The molecule has 0 bridgehead atoms. The number of nitrogens with zero attached hydrogens (tertiary/aromatic N) is 3. The molecule has 3 N–H and O–H groups in total. The Bertz CT molecular complexity index is 838. The number of benzene rings is 1. The molecule has 0 spiro atoms. The fourth-order valence-electron chi connectivity index (χ4n) is 3.19. The Morgan fingerprint density at radius 2 is 1.85 bits per heavy atom. The van der Waals surface area contributed by atoms with Crippen LogP contribution in [0.15, 0.2) is 36.4 Å². The average Bonchev–Trinajstić information content (AvgIpc) is 3.02. The Morgan fingerprint density at radius 1 is 1.19 bits per heavy atom. The molecular weight excluding hydrogens is 346 g/mol. The summed E-state index contributed by atoms with van der Waals surface area (Å²) in [6.07, 6.45) is 1.37. The van der Waals surface area contributed by atoms with Crippen molar-refractivity contribution in [2.24, 2.45) is 18.7 Å². The predicted octanol–water partition coefficient (Wildman–Crippen LogP) is 0.939. The molecule has 1 saturated heterocycles. The quantitative estimate of drug-likeness (QED) is 0.817. The van der Waals surface area contributed by atoms with Crippen molar-refractivity contribution in [3.8, 4) is 0 Å². The lowest BCUT2D eigenvalue weighted by molar-refractivity contribution is -0.123. The van der Waals surface area contributed by atoms with Crippen LogP contribution in [-0.2, 0) is 23.1 Å². The molecule has 0 saturated carbocycles. The Balaban J connectivity index is 1.61. The number of primary amides is 1. The zero-order valence-corrected chi connectivity index (χ0v) is 15.2. The van der Waals surface area contributed by atoms with Gasteiger partial charge >= 0.3 is 0 Å². The average molecular weight is 369 g/mol. The largest absolute Gasteiger partial charge is 0.369 e. The molecule has 3 amide bonds. The van der Waals surface area contributed by atoms with Crippen LogP contribution in [0.4, 0.5) is 5.82 Å². The van der Waals surface area contributed by atoms with E-state index in [1.165, 1.54) is 4.68 Å². The van der Waals surface area contributed by atoms with Crippen LogP contribution in [-0.4, -0.2) is 45.5 Å². The molecule has 1 aliphatic heterocycles. The first-order valence-corrected chi connectivity index (χ1v) is 8.90. The molecule has 0 atom stereocenters. The highest BCUT2D eigenvalue weighted by atomic mass is 16.2. The van der Waals surface area contributed by atoms with Gasteiger partial charge in [0.25, 0.3) is 5.91 Å². The van der Waals surface area contributed by atoms with Crippen molar-refractivity contribution in [3.05, 3.63) is 47.7 Å². The lowest BCUT2D eigenvalue weighted by Gasteiger charge is -2.29. The molecule has 1 fully saturated rings. The number of rotatable bonds is 5. The molecule has 0 aliphatic carbocycles. The van der Waals surface area contributed by atoms with Crippen LogP contribution in [0, 0.1) is 5.92 Å². The van der Waals surface area contributed by atoms with Gasteiger partial charge in [0, 0.05) is 32.1 Å². The second-order valence-corrected chi connectivity index (χ2v) is 6.72. The number of nitrogens with two attached hydrogens (primary N) is 1. The maximum Gasteiger partial charge on any atom is 0.274 e. The van der Waals surface area contributed by atoms with E-state index in [9.17, 15) is 14.4 Å². The van der Waals surface area contributed by atoms with Crippen LogP contribution in [0.1, 0.15) is 28.9 Å². The molecule has 3 rings (SSSR count). The molecule has 1 aliphatic rings. The van der Waals surface area contributed by atoms with Gasteiger partial charge in [-0.2, -0.15) is 5.10 Å². The third-order valence-corrected chi connectivity index (χ3v) is 4.76. The van der Waals surface area contributed by atoms with Crippen LogP contribution in [0.25, 0.3) is 0 Å². The van der Waals surface area contributed by atoms with Crippen LogP contribution in [0.5, 0.6) is 0 Å². The first-order valence-electron chi connectivity index (χ1n) is 8.90. The van der Waals surface area contributed by atoms with Gasteiger partial charge in [0.15, 0.2) is 5.69 Å². The van der Waals surface area contributed by atoms with E-state index in [0.29, 0.717) is 31.7 Å². The maximum atomic E-state index is 12.6. The molecule has 1 aromatic carbocycles. The zero-order chi connectivity index (χ0) is 19.4. The van der Waals surface area contributed by atoms with Crippen molar-refractivity contribution >= 4 is 23.5 Å². The summed E-state index contributed by atoms with van der Waals surface area (Å²) >= 11 is 0. The Labute approximate surface area is 157 Å². The lowest BCUT2D eigenvalue weighted by atomic mass is 9.96. The highest BCUT2D eigenvalue weighted by molar-refractivity contribution is 5.96. The molecule has 2 heterocycles. The minimum atomic E-state index is -0.316. The van der Waals surface area contributed by atoms with Gasteiger partial charge in [0.2, 0.25) is 11.8 Å². The SMILES string of the molecule is Cn1nc(C(=O)N2CCC(C(N)=O)CC2)cc1NC(=O)Cc1ccccc1. The topological polar surface area (TPSA) is 110 Å². The zero-order valence-electron chi connectivity index (χ0n) is 15.2. The number of carbonyl (C=O) groups is 3. The van der Waals surface area contributed by atoms with E-state index in [1.807, 2.05) is 30.3 Å². The van der Waals surface area contributed by atoms with Gasteiger partial charge in [-0.1, -0.05) is 30.3 Å². The van der Waals surface area contributed by atoms with Gasteiger partial charge in [-0.3, -0.25) is 19.1 Å². The molecule has 27 heavy (non-hydrogen) atoms. The molecule has 0 unspecified atom stereocenters. The van der Waals surface area contributed by atoms with Gasteiger partial charge in [-0.15, -0.1) is 0 Å². The number of aryl methyl sites for hydroxylation is 1. The summed E-state index contributed by atoms with van der Waals surface area (Å²) < 4.78 is 1.48. The van der Waals surface area contributed by atoms with E-state index in [2.05, 4.69) is 10.4 Å². The normalized spacial score (nSPS) is 14.8. The molecule has 2 aromatic rings. The minimum Gasteiger partial charge on any atom is -0.369 e. The lowest BCUT2D eigenvalue weighted by Crippen LogP contribution is -2.41. The van der Waals surface area contributed by atoms with E-state index >= 15 is 0 Å². The van der Waals surface area contributed by atoms with E-state index in [-0.39, 0.29) is 35.8 Å². The Morgan fingerprint density at radius 3 is 2.48 bits per heavy atom. The molecule has 142 valence electrons.